The lowest BCUT2D eigenvalue weighted by Gasteiger charge is -2.42. The summed E-state index contributed by atoms with van der Waals surface area (Å²) in [5, 5.41) is 0. The number of piperidine rings is 1. The van der Waals surface area contributed by atoms with Crippen molar-refractivity contribution in [1.29, 1.82) is 0 Å². The molecule has 0 bridgehead atoms. The van der Waals surface area contributed by atoms with Crippen LogP contribution in [0, 0.1) is 11.2 Å². The minimum atomic E-state index is -0.179. The predicted octanol–water partition coefficient (Wildman–Crippen LogP) is 2.95. The van der Waals surface area contributed by atoms with Gasteiger partial charge in [-0.05, 0) is 42.5 Å². The van der Waals surface area contributed by atoms with Crippen LogP contribution in [-0.4, -0.2) is 24.5 Å². The highest BCUT2D eigenvalue weighted by Crippen LogP contribution is 2.33. The quantitative estimate of drug-likeness (QED) is 0.893. The van der Waals surface area contributed by atoms with Crippen molar-refractivity contribution in [2.75, 3.05) is 19.6 Å². The molecule has 1 aromatic carbocycles. The molecule has 0 spiro atoms. The Kier molecular flexibility index (Phi) is 4.03. The van der Waals surface area contributed by atoms with Gasteiger partial charge in [-0.2, -0.15) is 0 Å². The minimum Gasteiger partial charge on any atom is -0.329 e. The molecule has 18 heavy (non-hydrogen) atoms. The molecule has 2 rings (SSSR count). The normalized spacial score (nSPS) is 21.8. The highest BCUT2D eigenvalue weighted by molar-refractivity contribution is 5.21. The molecule has 1 saturated heterocycles. The van der Waals surface area contributed by atoms with E-state index < -0.39 is 0 Å². The molecule has 0 saturated carbocycles. The molecule has 0 amide bonds. The van der Waals surface area contributed by atoms with E-state index in [1.165, 1.54) is 18.9 Å². The number of rotatable bonds is 3. The summed E-state index contributed by atoms with van der Waals surface area (Å²) in [7, 11) is 0. The van der Waals surface area contributed by atoms with Gasteiger partial charge in [-0.1, -0.05) is 26.0 Å². The molecule has 1 atom stereocenters. The Labute approximate surface area is 109 Å². The largest absolute Gasteiger partial charge is 0.329 e. The van der Waals surface area contributed by atoms with Gasteiger partial charge in [-0.25, -0.2) is 4.39 Å². The van der Waals surface area contributed by atoms with Gasteiger partial charge in [0, 0.05) is 19.1 Å². The first-order valence-electron chi connectivity index (χ1n) is 6.71. The Morgan fingerprint density at radius 2 is 2.22 bits per heavy atom. The Bertz CT molecular complexity index is 403. The summed E-state index contributed by atoms with van der Waals surface area (Å²) in [4.78, 5) is 2.40. The first-order valence-corrected chi connectivity index (χ1v) is 6.71. The number of likely N-dealkylation sites (tertiary alicyclic amines) is 1. The molecular formula is C15H23FN2. The molecule has 100 valence electrons. The number of hydrogen-bond acceptors (Lipinski definition) is 2. The van der Waals surface area contributed by atoms with Gasteiger partial charge in [0.2, 0.25) is 0 Å². The van der Waals surface area contributed by atoms with E-state index in [1.54, 1.807) is 12.1 Å². The maximum atomic E-state index is 13.3. The predicted molar refractivity (Wildman–Crippen MR) is 72.8 cm³/mol. The first kappa shape index (κ1) is 13.5. The summed E-state index contributed by atoms with van der Waals surface area (Å²) in [6.07, 6.45) is 2.45. The second-order valence-corrected chi connectivity index (χ2v) is 6.04. The number of benzene rings is 1. The van der Waals surface area contributed by atoms with Crippen LogP contribution < -0.4 is 5.73 Å². The van der Waals surface area contributed by atoms with E-state index in [1.807, 2.05) is 6.07 Å². The summed E-state index contributed by atoms with van der Waals surface area (Å²) in [6, 6.07) is 6.97. The molecule has 0 aliphatic carbocycles. The standard InChI is InChI=1S/C15H23FN2/c1-15(2)7-4-8-18(11-15)14(10-17)12-5-3-6-13(16)9-12/h3,5-6,9,14H,4,7-8,10-11,17H2,1-2H3. The summed E-state index contributed by atoms with van der Waals surface area (Å²) in [6.45, 7) is 7.21. The fourth-order valence-electron chi connectivity index (χ4n) is 2.94. The zero-order valence-electron chi connectivity index (χ0n) is 11.3. The summed E-state index contributed by atoms with van der Waals surface area (Å²) in [5.41, 5.74) is 7.24. The molecule has 2 N–H and O–H groups in total. The van der Waals surface area contributed by atoms with Gasteiger partial charge in [-0.15, -0.1) is 0 Å². The van der Waals surface area contributed by atoms with E-state index >= 15 is 0 Å². The molecule has 0 aromatic heterocycles. The van der Waals surface area contributed by atoms with E-state index in [9.17, 15) is 4.39 Å². The van der Waals surface area contributed by atoms with Crippen LogP contribution in [0.4, 0.5) is 4.39 Å². The molecule has 2 nitrogen and oxygen atoms in total. The highest BCUT2D eigenvalue weighted by Gasteiger charge is 2.30. The van der Waals surface area contributed by atoms with Crippen molar-refractivity contribution in [3.05, 3.63) is 35.6 Å². The first-order chi connectivity index (χ1) is 8.52. The molecule has 1 aliphatic heterocycles. The summed E-state index contributed by atoms with van der Waals surface area (Å²) >= 11 is 0. The Hall–Kier alpha value is -0.930. The Balaban J connectivity index is 2.18. The molecule has 1 aromatic rings. The van der Waals surface area contributed by atoms with Crippen molar-refractivity contribution in [2.45, 2.75) is 32.7 Å². The molecule has 1 aliphatic rings. The molecular weight excluding hydrogens is 227 g/mol. The Morgan fingerprint density at radius 3 is 2.83 bits per heavy atom. The third-order valence-electron chi connectivity index (χ3n) is 3.83. The monoisotopic (exact) mass is 250 g/mol. The van der Waals surface area contributed by atoms with Gasteiger partial charge >= 0.3 is 0 Å². The molecule has 0 radical (unpaired) electrons. The van der Waals surface area contributed by atoms with Crippen LogP contribution in [0.2, 0.25) is 0 Å². The molecule has 1 fully saturated rings. The average Bonchev–Trinajstić information content (AvgIpc) is 2.29. The second kappa shape index (κ2) is 5.37. The highest BCUT2D eigenvalue weighted by atomic mass is 19.1. The van der Waals surface area contributed by atoms with Gasteiger partial charge < -0.3 is 5.73 Å². The van der Waals surface area contributed by atoms with Crippen LogP contribution in [0.25, 0.3) is 0 Å². The molecule has 1 unspecified atom stereocenters. The van der Waals surface area contributed by atoms with Crippen LogP contribution in [0.5, 0.6) is 0 Å². The SMILES string of the molecule is CC1(C)CCCN(C(CN)c2cccc(F)c2)C1. The second-order valence-electron chi connectivity index (χ2n) is 6.04. The topological polar surface area (TPSA) is 29.3 Å². The van der Waals surface area contributed by atoms with Crippen LogP contribution in [0.3, 0.4) is 0 Å². The van der Waals surface area contributed by atoms with Crippen molar-refractivity contribution < 1.29 is 4.39 Å². The molecule has 3 heteroatoms. The third-order valence-corrected chi connectivity index (χ3v) is 3.83. The van der Waals surface area contributed by atoms with Gasteiger partial charge in [0.05, 0.1) is 0 Å². The summed E-state index contributed by atoms with van der Waals surface area (Å²) < 4.78 is 13.3. The smallest absolute Gasteiger partial charge is 0.123 e. The van der Waals surface area contributed by atoms with Crippen LogP contribution in [0.1, 0.15) is 38.3 Å². The van der Waals surface area contributed by atoms with Gasteiger partial charge in [0.25, 0.3) is 0 Å². The van der Waals surface area contributed by atoms with Gasteiger partial charge in [0.1, 0.15) is 5.82 Å². The minimum absolute atomic E-state index is 0.139. The van der Waals surface area contributed by atoms with Crippen molar-refractivity contribution in [2.24, 2.45) is 11.1 Å². The maximum absolute atomic E-state index is 13.3. The van der Waals surface area contributed by atoms with E-state index in [2.05, 4.69) is 18.7 Å². The van der Waals surface area contributed by atoms with E-state index in [0.29, 0.717) is 12.0 Å². The number of hydrogen-bond donors (Lipinski definition) is 1. The number of nitrogens with two attached hydrogens (primary N) is 1. The summed E-state index contributed by atoms with van der Waals surface area (Å²) in [5.74, 6) is -0.179. The molecule has 1 heterocycles. The zero-order valence-corrected chi connectivity index (χ0v) is 11.3. The van der Waals surface area contributed by atoms with Gasteiger partial charge in [-0.3, -0.25) is 4.90 Å². The number of nitrogens with zero attached hydrogens (tertiary/aromatic N) is 1. The van der Waals surface area contributed by atoms with Crippen LogP contribution in [0.15, 0.2) is 24.3 Å². The fourth-order valence-corrected chi connectivity index (χ4v) is 2.94. The van der Waals surface area contributed by atoms with E-state index in [0.717, 1.165) is 18.7 Å². The zero-order chi connectivity index (χ0) is 13.2. The lowest BCUT2D eigenvalue weighted by molar-refractivity contribution is 0.0806. The Morgan fingerprint density at radius 1 is 1.44 bits per heavy atom. The average molecular weight is 250 g/mol. The maximum Gasteiger partial charge on any atom is 0.123 e. The van der Waals surface area contributed by atoms with Crippen LogP contribution in [-0.2, 0) is 0 Å². The van der Waals surface area contributed by atoms with Crippen molar-refractivity contribution in [3.8, 4) is 0 Å². The van der Waals surface area contributed by atoms with Crippen molar-refractivity contribution in [1.82, 2.24) is 4.90 Å². The number of halogens is 1. The van der Waals surface area contributed by atoms with E-state index in [4.69, 9.17) is 5.73 Å². The van der Waals surface area contributed by atoms with Crippen LogP contribution >= 0.6 is 0 Å². The van der Waals surface area contributed by atoms with E-state index in [-0.39, 0.29) is 11.9 Å². The van der Waals surface area contributed by atoms with Crippen molar-refractivity contribution >= 4 is 0 Å². The van der Waals surface area contributed by atoms with Crippen molar-refractivity contribution in [3.63, 3.8) is 0 Å². The van der Waals surface area contributed by atoms with Gasteiger partial charge in [0.15, 0.2) is 0 Å². The fraction of sp³-hybridized carbons (Fsp3) is 0.600. The third kappa shape index (κ3) is 3.09. The lowest BCUT2D eigenvalue weighted by atomic mass is 9.83. The lowest BCUT2D eigenvalue weighted by Crippen LogP contribution is -2.44.